The smallest absolute Gasteiger partial charge is 0.259 e. The SMILES string of the molecule is CNC(=O)C(CC1=CC=C(S(=O)(=O)Cl)CN1C)NC(=O)c1ccc(OC(C)C)c(Cl)c1. The monoisotopic (exact) mass is 489 g/mol. The maximum Gasteiger partial charge on any atom is 0.259 e. The Balaban J connectivity index is 2.20. The van der Waals surface area contributed by atoms with E-state index in [0.29, 0.717) is 11.4 Å². The Bertz CT molecular complexity index is 1020. The van der Waals surface area contributed by atoms with E-state index in [1.165, 1.54) is 19.2 Å². The molecule has 2 amide bonds. The van der Waals surface area contributed by atoms with Crippen LogP contribution < -0.4 is 15.4 Å². The van der Waals surface area contributed by atoms with Crippen LogP contribution in [0, 0.1) is 0 Å². The van der Waals surface area contributed by atoms with Crippen molar-refractivity contribution in [3.05, 3.63) is 51.5 Å². The van der Waals surface area contributed by atoms with E-state index >= 15 is 0 Å². The van der Waals surface area contributed by atoms with E-state index < -0.39 is 26.9 Å². The predicted octanol–water partition coefficient (Wildman–Crippen LogP) is 2.64. The van der Waals surface area contributed by atoms with Gasteiger partial charge in [0.05, 0.1) is 22.6 Å². The second-order valence-corrected chi connectivity index (χ2v) is 10.3. The Morgan fingerprint density at radius 1 is 1.26 bits per heavy atom. The molecule has 1 aromatic carbocycles. The number of benzene rings is 1. The number of ether oxygens (including phenoxy) is 1. The van der Waals surface area contributed by atoms with E-state index in [4.69, 9.17) is 27.0 Å². The third kappa shape index (κ3) is 6.88. The molecule has 1 unspecified atom stereocenters. The molecule has 0 radical (unpaired) electrons. The minimum atomic E-state index is -3.83. The molecule has 1 aliphatic rings. The first-order valence-electron chi connectivity index (χ1n) is 9.46. The number of hydrogen-bond donors (Lipinski definition) is 2. The summed E-state index contributed by atoms with van der Waals surface area (Å²) in [4.78, 5) is 26.8. The second kappa shape index (κ2) is 10.4. The molecule has 1 aliphatic heterocycles. The van der Waals surface area contributed by atoms with Crippen molar-refractivity contribution >= 4 is 43.1 Å². The van der Waals surface area contributed by atoms with Gasteiger partial charge in [-0.3, -0.25) is 9.59 Å². The Morgan fingerprint density at radius 3 is 2.45 bits per heavy atom. The highest BCUT2D eigenvalue weighted by Gasteiger charge is 2.26. The van der Waals surface area contributed by atoms with Crippen LogP contribution in [-0.4, -0.2) is 57.9 Å². The Kier molecular flexibility index (Phi) is 8.39. The van der Waals surface area contributed by atoms with E-state index in [9.17, 15) is 18.0 Å². The maximum atomic E-state index is 12.7. The average Bonchev–Trinajstić information content (AvgIpc) is 2.68. The second-order valence-electron chi connectivity index (χ2n) is 7.24. The molecule has 2 rings (SSSR count). The van der Waals surface area contributed by atoms with Gasteiger partial charge in [0.2, 0.25) is 5.91 Å². The third-order valence-electron chi connectivity index (χ3n) is 4.50. The summed E-state index contributed by atoms with van der Waals surface area (Å²) in [6, 6.07) is 3.75. The van der Waals surface area contributed by atoms with E-state index in [2.05, 4.69) is 10.6 Å². The van der Waals surface area contributed by atoms with Crippen molar-refractivity contribution in [3.63, 3.8) is 0 Å². The summed E-state index contributed by atoms with van der Waals surface area (Å²) >= 11 is 6.20. The molecular formula is C20H25Cl2N3O5S. The topological polar surface area (TPSA) is 105 Å². The highest BCUT2D eigenvalue weighted by molar-refractivity contribution is 8.16. The molecular weight excluding hydrogens is 465 g/mol. The van der Waals surface area contributed by atoms with E-state index in [1.807, 2.05) is 13.8 Å². The van der Waals surface area contributed by atoms with Gasteiger partial charge < -0.3 is 20.3 Å². The van der Waals surface area contributed by atoms with Crippen LogP contribution >= 0.6 is 22.3 Å². The van der Waals surface area contributed by atoms with Crippen molar-refractivity contribution in [2.24, 2.45) is 0 Å². The summed E-state index contributed by atoms with van der Waals surface area (Å²) in [5.74, 6) is -0.416. The number of carbonyl (C=O) groups is 2. The van der Waals surface area contributed by atoms with Gasteiger partial charge in [-0.25, -0.2) is 8.42 Å². The average molecular weight is 490 g/mol. The zero-order chi connectivity index (χ0) is 23.3. The van der Waals surface area contributed by atoms with Crippen LogP contribution in [0.5, 0.6) is 5.75 Å². The van der Waals surface area contributed by atoms with E-state index in [0.717, 1.165) is 0 Å². The number of rotatable bonds is 8. The van der Waals surface area contributed by atoms with Crippen LogP contribution in [0.25, 0.3) is 0 Å². The number of likely N-dealkylation sites (N-methyl/N-ethyl adjacent to an activating group) is 2. The quantitative estimate of drug-likeness (QED) is 0.543. The molecule has 1 heterocycles. The minimum Gasteiger partial charge on any atom is -0.489 e. The number of halogens is 2. The van der Waals surface area contributed by atoms with Gasteiger partial charge in [-0.2, -0.15) is 0 Å². The lowest BCUT2D eigenvalue weighted by atomic mass is 10.1. The molecule has 31 heavy (non-hydrogen) atoms. The molecule has 8 nitrogen and oxygen atoms in total. The number of amides is 2. The third-order valence-corrected chi connectivity index (χ3v) is 6.28. The van der Waals surface area contributed by atoms with Gasteiger partial charge in [0.1, 0.15) is 11.8 Å². The fraction of sp³-hybridized carbons (Fsp3) is 0.400. The zero-order valence-electron chi connectivity index (χ0n) is 17.6. The molecule has 2 N–H and O–H groups in total. The largest absolute Gasteiger partial charge is 0.489 e. The molecule has 0 saturated carbocycles. The van der Waals surface area contributed by atoms with Gasteiger partial charge in [-0.15, -0.1) is 0 Å². The standard InChI is InChI=1S/C20H25Cl2N3O5S/c1-12(2)30-18-8-5-13(9-16(18)21)19(26)24-17(20(27)23-3)10-14-6-7-15(11-25(14)4)31(22,28)29/h5-9,12,17H,10-11H2,1-4H3,(H,23,27)(H,24,26). The molecule has 0 aliphatic carbocycles. The van der Waals surface area contributed by atoms with Crippen LogP contribution in [-0.2, 0) is 13.8 Å². The van der Waals surface area contributed by atoms with Gasteiger partial charge in [0.25, 0.3) is 15.0 Å². The van der Waals surface area contributed by atoms with Crippen molar-refractivity contribution in [3.8, 4) is 5.75 Å². The Labute approximate surface area is 191 Å². The molecule has 1 atom stereocenters. The van der Waals surface area contributed by atoms with Crippen molar-refractivity contribution in [2.75, 3.05) is 20.6 Å². The predicted molar refractivity (Wildman–Crippen MR) is 121 cm³/mol. The van der Waals surface area contributed by atoms with Crippen molar-refractivity contribution in [2.45, 2.75) is 32.4 Å². The molecule has 0 bridgehead atoms. The van der Waals surface area contributed by atoms with Crippen LogP contribution in [0.2, 0.25) is 5.02 Å². The van der Waals surface area contributed by atoms with Gasteiger partial charge in [0, 0.05) is 42.5 Å². The van der Waals surface area contributed by atoms with Crippen molar-refractivity contribution in [1.82, 2.24) is 15.5 Å². The lowest BCUT2D eigenvalue weighted by Crippen LogP contribution is -2.47. The van der Waals surface area contributed by atoms with Gasteiger partial charge >= 0.3 is 0 Å². The van der Waals surface area contributed by atoms with Crippen LogP contribution in [0.4, 0.5) is 0 Å². The van der Waals surface area contributed by atoms with Gasteiger partial charge in [0.15, 0.2) is 0 Å². The molecule has 1 aromatic rings. The number of nitrogens with zero attached hydrogens (tertiary/aromatic N) is 1. The van der Waals surface area contributed by atoms with E-state index in [-0.39, 0.29) is 34.6 Å². The first-order valence-corrected chi connectivity index (χ1v) is 12.1. The van der Waals surface area contributed by atoms with Crippen LogP contribution in [0.15, 0.2) is 41.0 Å². The maximum absolute atomic E-state index is 12.7. The minimum absolute atomic E-state index is 0.0549. The summed E-state index contributed by atoms with van der Waals surface area (Å²) in [6.07, 6.45) is 3.04. The van der Waals surface area contributed by atoms with Gasteiger partial charge in [-0.05, 0) is 44.2 Å². The fourth-order valence-electron chi connectivity index (χ4n) is 2.91. The summed E-state index contributed by atoms with van der Waals surface area (Å²) in [5, 5.41) is 5.51. The summed E-state index contributed by atoms with van der Waals surface area (Å²) in [5.41, 5.74) is 0.938. The van der Waals surface area contributed by atoms with Crippen molar-refractivity contribution < 1.29 is 22.7 Å². The first kappa shape index (κ1) is 25.0. The number of carbonyl (C=O) groups excluding carboxylic acids is 2. The summed E-state index contributed by atoms with van der Waals surface area (Å²) in [7, 11) is 4.72. The molecule has 0 fully saturated rings. The Morgan fingerprint density at radius 2 is 1.94 bits per heavy atom. The number of nitrogens with one attached hydrogen (secondary N) is 2. The highest BCUT2D eigenvalue weighted by atomic mass is 35.7. The van der Waals surface area contributed by atoms with Gasteiger partial charge in [-0.1, -0.05) is 11.6 Å². The van der Waals surface area contributed by atoms with Crippen molar-refractivity contribution in [1.29, 1.82) is 0 Å². The lowest BCUT2D eigenvalue weighted by Gasteiger charge is -2.29. The normalized spacial score (nSPS) is 15.1. The number of hydrogen-bond acceptors (Lipinski definition) is 6. The van der Waals surface area contributed by atoms with Crippen LogP contribution in [0.1, 0.15) is 30.6 Å². The lowest BCUT2D eigenvalue weighted by molar-refractivity contribution is -0.122. The molecule has 170 valence electrons. The van der Waals surface area contributed by atoms with E-state index in [1.54, 1.807) is 30.2 Å². The zero-order valence-corrected chi connectivity index (χ0v) is 19.9. The van der Waals surface area contributed by atoms with Crippen LogP contribution in [0.3, 0.4) is 0 Å². The molecule has 0 saturated heterocycles. The molecule has 0 aromatic heterocycles. The number of allylic oxidation sites excluding steroid dienone is 2. The molecule has 0 spiro atoms. The summed E-state index contributed by atoms with van der Waals surface area (Å²) < 4.78 is 28.6. The first-order chi connectivity index (χ1) is 14.4. The summed E-state index contributed by atoms with van der Waals surface area (Å²) in [6.45, 7) is 3.80. The Hall–Kier alpha value is -2.23. The fourth-order valence-corrected chi connectivity index (χ4v) is 4.02. The highest BCUT2D eigenvalue weighted by Crippen LogP contribution is 2.27. The molecule has 11 heteroatoms.